The standard InChI is InChI=1S/C21H20N4O2/c22-15-10-19(25-20(11-15)23-16-6-3-7-18(26)12-16)21(27)24-17-8-13-4-1-2-5-14(13)9-17/h1-7,10-12,17,26H,8-9H2,(H,24,27)(H3,22,23,25). The molecule has 0 atom stereocenters. The first-order chi connectivity index (χ1) is 13.1. The number of aromatic nitrogens is 1. The van der Waals surface area contributed by atoms with Gasteiger partial charge >= 0.3 is 0 Å². The average molecular weight is 360 g/mol. The molecule has 27 heavy (non-hydrogen) atoms. The molecule has 1 aliphatic rings. The molecule has 0 fully saturated rings. The molecule has 0 saturated heterocycles. The number of aromatic hydroxyl groups is 1. The van der Waals surface area contributed by atoms with Gasteiger partial charge in [0.2, 0.25) is 0 Å². The highest BCUT2D eigenvalue weighted by molar-refractivity contribution is 5.94. The van der Waals surface area contributed by atoms with Gasteiger partial charge in [0.05, 0.1) is 0 Å². The Hall–Kier alpha value is -3.54. The summed E-state index contributed by atoms with van der Waals surface area (Å²) < 4.78 is 0. The van der Waals surface area contributed by atoms with Crippen LogP contribution < -0.4 is 16.4 Å². The summed E-state index contributed by atoms with van der Waals surface area (Å²) in [5.41, 5.74) is 9.85. The molecule has 1 heterocycles. The monoisotopic (exact) mass is 360 g/mol. The number of carbonyl (C=O) groups excluding carboxylic acids is 1. The van der Waals surface area contributed by atoms with Crippen LogP contribution in [0.4, 0.5) is 17.2 Å². The highest BCUT2D eigenvalue weighted by atomic mass is 16.3. The molecule has 1 aliphatic carbocycles. The zero-order valence-electron chi connectivity index (χ0n) is 14.6. The number of anilines is 3. The van der Waals surface area contributed by atoms with Crippen LogP contribution in [0.15, 0.2) is 60.7 Å². The van der Waals surface area contributed by atoms with Gasteiger partial charge in [-0.25, -0.2) is 4.98 Å². The van der Waals surface area contributed by atoms with Crippen molar-refractivity contribution in [2.24, 2.45) is 0 Å². The maximum absolute atomic E-state index is 12.7. The van der Waals surface area contributed by atoms with E-state index in [0.29, 0.717) is 17.2 Å². The third kappa shape index (κ3) is 3.84. The number of pyridine rings is 1. The van der Waals surface area contributed by atoms with Gasteiger partial charge in [0.15, 0.2) is 0 Å². The first-order valence-electron chi connectivity index (χ1n) is 8.78. The van der Waals surface area contributed by atoms with Crippen LogP contribution in [0.5, 0.6) is 5.75 Å². The van der Waals surface area contributed by atoms with Crippen LogP contribution in [-0.4, -0.2) is 22.0 Å². The first kappa shape index (κ1) is 16.9. The largest absolute Gasteiger partial charge is 0.508 e. The summed E-state index contributed by atoms with van der Waals surface area (Å²) in [6, 6.07) is 18.1. The molecule has 1 aromatic heterocycles. The van der Waals surface area contributed by atoms with E-state index in [1.54, 1.807) is 36.4 Å². The average Bonchev–Trinajstić information content (AvgIpc) is 3.03. The van der Waals surface area contributed by atoms with Crippen LogP contribution >= 0.6 is 0 Å². The quantitative estimate of drug-likeness (QED) is 0.573. The molecule has 1 amide bonds. The van der Waals surface area contributed by atoms with Gasteiger partial charge in [-0.2, -0.15) is 0 Å². The van der Waals surface area contributed by atoms with E-state index >= 15 is 0 Å². The Morgan fingerprint density at radius 3 is 2.48 bits per heavy atom. The van der Waals surface area contributed by atoms with E-state index in [1.165, 1.54) is 11.1 Å². The van der Waals surface area contributed by atoms with Gasteiger partial charge in [0.1, 0.15) is 17.3 Å². The minimum Gasteiger partial charge on any atom is -0.508 e. The van der Waals surface area contributed by atoms with Gasteiger partial charge in [-0.05, 0) is 42.2 Å². The zero-order valence-corrected chi connectivity index (χ0v) is 14.6. The van der Waals surface area contributed by atoms with E-state index in [0.717, 1.165) is 12.8 Å². The maximum atomic E-state index is 12.7. The maximum Gasteiger partial charge on any atom is 0.270 e. The number of phenols is 1. The van der Waals surface area contributed by atoms with Crippen molar-refractivity contribution < 1.29 is 9.90 Å². The predicted molar refractivity (Wildman–Crippen MR) is 105 cm³/mol. The molecule has 0 unspecified atom stereocenters. The van der Waals surface area contributed by atoms with Crippen molar-refractivity contribution in [1.29, 1.82) is 0 Å². The lowest BCUT2D eigenvalue weighted by molar-refractivity contribution is 0.0933. The van der Waals surface area contributed by atoms with E-state index in [1.807, 2.05) is 12.1 Å². The van der Waals surface area contributed by atoms with Gasteiger partial charge in [-0.1, -0.05) is 30.3 Å². The topological polar surface area (TPSA) is 100 Å². The SMILES string of the molecule is Nc1cc(Nc2cccc(O)c2)nc(C(=O)NC2Cc3ccccc3C2)c1. The number of nitrogens with zero attached hydrogens (tertiary/aromatic N) is 1. The Kier molecular flexibility index (Phi) is 4.38. The molecule has 0 radical (unpaired) electrons. The lowest BCUT2D eigenvalue weighted by atomic mass is 10.1. The van der Waals surface area contributed by atoms with Gasteiger partial charge in [0.25, 0.3) is 5.91 Å². The van der Waals surface area contributed by atoms with E-state index in [2.05, 4.69) is 27.8 Å². The van der Waals surface area contributed by atoms with Gasteiger partial charge < -0.3 is 21.5 Å². The summed E-state index contributed by atoms with van der Waals surface area (Å²) in [5, 5.41) is 15.7. The van der Waals surface area contributed by atoms with Crippen LogP contribution in [0.2, 0.25) is 0 Å². The van der Waals surface area contributed by atoms with Crippen molar-refractivity contribution >= 4 is 23.1 Å². The number of rotatable bonds is 4. The minimum atomic E-state index is -0.251. The second-order valence-corrected chi connectivity index (χ2v) is 6.69. The van der Waals surface area contributed by atoms with Crippen LogP contribution in [0.25, 0.3) is 0 Å². The molecule has 3 aromatic rings. The van der Waals surface area contributed by atoms with Gasteiger partial charge in [-0.15, -0.1) is 0 Å². The van der Waals surface area contributed by atoms with Crippen molar-refractivity contribution in [3.63, 3.8) is 0 Å². The van der Waals surface area contributed by atoms with Crippen LogP contribution in [0, 0.1) is 0 Å². The number of hydrogen-bond acceptors (Lipinski definition) is 5. The van der Waals surface area contributed by atoms with Crippen molar-refractivity contribution in [2.45, 2.75) is 18.9 Å². The van der Waals surface area contributed by atoms with E-state index in [-0.39, 0.29) is 23.4 Å². The Labute approximate surface area is 157 Å². The number of fused-ring (bicyclic) bond motifs is 1. The molecule has 0 spiro atoms. The third-order valence-electron chi connectivity index (χ3n) is 4.59. The number of nitrogen functional groups attached to an aromatic ring is 1. The fourth-order valence-corrected chi connectivity index (χ4v) is 3.38. The molecule has 2 aromatic carbocycles. The minimum absolute atomic E-state index is 0.0561. The zero-order chi connectivity index (χ0) is 18.8. The fraction of sp³-hybridized carbons (Fsp3) is 0.143. The molecule has 6 heteroatoms. The summed E-state index contributed by atoms with van der Waals surface area (Å²) in [6.07, 6.45) is 1.64. The normalized spacial score (nSPS) is 13.2. The number of hydrogen-bond donors (Lipinski definition) is 4. The summed E-state index contributed by atoms with van der Waals surface area (Å²) in [5.74, 6) is 0.335. The molecule has 0 bridgehead atoms. The Balaban J connectivity index is 1.48. The van der Waals surface area contributed by atoms with Crippen molar-refractivity contribution in [2.75, 3.05) is 11.1 Å². The summed E-state index contributed by atoms with van der Waals surface area (Å²) in [6.45, 7) is 0. The molecule has 6 nitrogen and oxygen atoms in total. The van der Waals surface area contributed by atoms with Crippen molar-refractivity contribution in [1.82, 2.24) is 10.3 Å². The number of carbonyl (C=O) groups is 1. The molecule has 0 saturated carbocycles. The molecule has 4 rings (SSSR count). The highest BCUT2D eigenvalue weighted by Crippen LogP contribution is 2.23. The number of amides is 1. The third-order valence-corrected chi connectivity index (χ3v) is 4.59. The van der Waals surface area contributed by atoms with Crippen LogP contribution in [0.3, 0.4) is 0 Å². The second-order valence-electron chi connectivity index (χ2n) is 6.69. The molecule has 136 valence electrons. The molecule has 0 aliphatic heterocycles. The molecule has 5 N–H and O–H groups in total. The van der Waals surface area contributed by atoms with Gasteiger partial charge in [0, 0.05) is 29.5 Å². The molecular formula is C21H20N4O2. The summed E-state index contributed by atoms with van der Waals surface area (Å²) in [7, 11) is 0. The molecular weight excluding hydrogens is 340 g/mol. The van der Waals surface area contributed by atoms with E-state index < -0.39 is 0 Å². The van der Waals surface area contributed by atoms with Gasteiger partial charge in [-0.3, -0.25) is 4.79 Å². The smallest absolute Gasteiger partial charge is 0.270 e. The van der Waals surface area contributed by atoms with Crippen LogP contribution in [0.1, 0.15) is 21.6 Å². The summed E-state index contributed by atoms with van der Waals surface area (Å²) >= 11 is 0. The number of phenolic OH excluding ortho intramolecular Hbond substituents is 1. The number of nitrogens with one attached hydrogen (secondary N) is 2. The van der Waals surface area contributed by atoms with Crippen LogP contribution in [-0.2, 0) is 12.8 Å². The second kappa shape index (κ2) is 6.99. The number of benzene rings is 2. The Morgan fingerprint density at radius 2 is 1.78 bits per heavy atom. The first-order valence-corrected chi connectivity index (χ1v) is 8.78. The van der Waals surface area contributed by atoms with E-state index in [9.17, 15) is 9.90 Å². The fourth-order valence-electron chi connectivity index (χ4n) is 3.38. The Morgan fingerprint density at radius 1 is 1.04 bits per heavy atom. The van der Waals surface area contributed by atoms with Crippen molar-refractivity contribution in [3.8, 4) is 5.75 Å². The Bertz CT molecular complexity index is 978. The number of nitrogens with two attached hydrogens (primary N) is 1. The summed E-state index contributed by atoms with van der Waals surface area (Å²) in [4.78, 5) is 17.0. The lowest BCUT2D eigenvalue weighted by Gasteiger charge is -2.13. The predicted octanol–water partition coefficient (Wildman–Crippen LogP) is 3.01. The lowest BCUT2D eigenvalue weighted by Crippen LogP contribution is -2.35. The van der Waals surface area contributed by atoms with Crippen molar-refractivity contribution in [3.05, 3.63) is 77.5 Å². The highest BCUT2D eigenvalue weighted by Gasteiger charge is 2.23. The van der Waals surface area contributed by atoms with E-state index in [4.69, 9.17) is 5.73 Å².